The van der Waals surface area contributed by atoms with Gasteiger partial charge in [0, 0.05) is 12.1 Å². The molecule has 2 aromatic rings. The molecule has 0 spiro atoms. The number of carbonyl (C=O) groups excluding carboxylic acids is 1. The van der Waals surface area contributed by atoms with E-state index in [9.17, 15) is 4.79 Å². The molecule has 0 bridgehead atoms. The summed E-state index contributed by atoms with van der Waals surface area (Å²) in [5.41, 5.74) is 5.76. The van der Waals surface area contributed by atoms with Crippen molar-refractivity contribution in [1.82, 2.24) is 14.9 Å². The van der Waals surface area contributed by atoms with Crippen LogP contribution in [0.2, 0.25) is 19.6 Å². The van der Waals surface area contributed by atoms with E-state index in [-0.39, 0.29) is 12.1 Å². The van der Waals surface area contributed by atoms with Crippen LogP contribution in [0.15, 0.2) is 18.2 Å². The van der Waals surface area contributed by atoms with Crippen molar-refractivity contribution < 1.29 is 9.53 Å². The first-order valence-corrected chi connectivity index (χ1v) is 13.0. The molecule has 1 saturated heterocycles. The molecular formula is C21H29N3O2Si. The number of ether oxygens (including phenoxy) is 1. The van der Waals surface area contributed by atoms with Gasteiger partial charge in [0.2, 0.25) is 0 Å². The zero-order valence-electron chi connectivity index (χ0n) is 17.1. The minimum absolute atomic E-state index is 0.0660. The van der Waals surface area contributed by atoms with Gasteiger partial charge in [0.05, 0.1) is 17.1 Å². The number of nitrogens with one attached hydrogen (secondary N) is 1. The summed E-state index contributed by atoms with van der Waals surface area (Å²) in [6.45, 7) is 13.1. The number of nitrogens with zero attached hydrogens (tertiary/aromatic N) is 2. The number of carbonyl (C=O) groups is 1. The van der Waals surface area contributed by atoms with Gasteiger partial charge in [-0.05, 0) is 51.8 Å². The van der Waals surface area contributed by atoms with Gasteiger partial charge in [-0.25, -0.2) is 9.78 Å². The van der Waals surface area contributed by atoms with Crippen molar-refractivity contribution in [1.29, 1.82) is 0 Å². The summed E-state index contributed by atoms with van der Waals surface area (Å²) < 4.78 is 5.56. The number of benzene rings is 1. The van der Waals surface area contributed by atoms with E-state index in [2.05, 4.69) is 36.1 Å². The number of aromatic nitrogens is 2. The monoisotopic (exact) mass is 383 g/mol. The SMILES string of the molecule is CC(C)(C)OC(=O)N1CCC[C@H]1c1nc2ccc(C#C[Si](C)(C)C)cc2[nH]1. The number of imidazole rings is 1. The molecule has 0 aliphatic carbocycles. The fraction of sp³-hybridized carbons (Fsp3) is 0.524. The molecule has 0 radical (unpaired) electrons. The lowest BCUT2D eigenvalue weighted by molar-refractivity contribution is 0.0219. The second-order valence-electron chi connectivity index (χ2n) is 9.19. The molecule has 6 heteroatoms. The standard InChI is InChI=1S/C21H29N3O2Si/c1-21(2,3)26-20(25)24-12-7-8-18(24)19-22-16-10-9-15(14-17(16)23-19)11-13-27(4,5)6/h9-10,14,18H,7-8,12H2,1-6H3,(H,22,23)/t18-/m0/s1. The van der Waals surface area contributed by atoms with Gasteiger partial charge in [-0.1, -0.05) is 25.6 Å². The Kier molecular flexibility index (Phi) is 5.09. The van der Waals surface area contributed by atoms with Crippen molar-refractivity contribution in [3.05, 3.63) is 29.6 Å². The summed E-state index contributed by atoms with van der Waals surface area (Å²) in [6.07, 6.45) is 1.57. The zero-order valence-corrected chi connectivity index (χ0v) is 18.1. The van der Waals surface area contributed by atoms with Gasteiger partial charge in [0.15, 0.2) is 0 Å². The van der Waals surface area contributed by atoms with Gasteiger partial charge in [0.25, 0.3) is 0 Å². The Balaban J connectivity index is 1.85. The van der Waals surface area contributed by atoms with E-state index in [4.69, 9.17) is 9.72 Å². The predicted octanol–water partition coefficient (Wildman–Crippen LogP) is 4.86. The third-order valence-electron chi connectivity index (χ3n) is 4.28. The second-order valence-corrected chi connectivity index (χ2v) is 13.9. The minimum atomic E-state index is -1.41. The van der Waals surface area contributed by atoms with E-state index in [1.165, 1.54) is 0 Å². The van der Waals surface area contributed by atoms with E-state index >= 15 is 0 Å². The van der Waals surface area contributed by atoms with Crippen molar-refractivity contribution in [2.45, 2.75) is 64.9 Å². The number of hydrogen-bond acceptors (Lipinski definition) is 3. The van der Waals surface area contributed by atoms with Gasteiger partial charge in [-0.2, -0.15) is 0 Å². The van der Waals surface area contributed by atoms with E-state index in [1.54, 1.807) is 4.90 Å². The summed E-state index contributed by atoms with van der Waals surface area (Å²) >= 11 is 0. The van der Waals surface area contributed by atoms with Crippen LogP contribution in [-0.4, -0.2) is 41.2 Å². The maximum atomic E-state index is 12.5. The molecule has 0 saturated carbocycles. The van der Waals surface area contributed by atoms with E-state index in [1.807, 2.05) is 39.0 Å². The van der Waals surface area contributed by atoms with Crippen LogP contribution < -0.4 is 0 Å². The van der Waals surface area contributed by atoms with Crippen molar-refractivity contribution in [3.8, 4) is 11.5 Å². The summed E-state index contributed by atoms with van der Waals surface area (Å²) in [5.74, 6) is 4.11. The Morgan fingerprint density at radius 3 is 2.74 bits per heavy atom. The maximum absolute atomic E-state index is 12.5. The van der Waals surface area contributed by atoms with Crippen LogP contribution in [0.4, 0.5) is 4.79 Å². The second kappa shape index (κ2) is 7.04. The molecule has 1 fully saturated rings. The lowest BCUT2D eigenvalue weighted by atomic mass is 10.2. The topological polar surface area (TPSA) is 58.2 Å². The lowest BCUT2D eigenvalue weighted by Gasteiger charge is -2.27. The highest BCUT2D eigenvalue weighted by atomic mass is 28.3. The highest BCUT2D eigenvalue weighted by Gasteiger charge is 2.34. The zero-order chi connectivity index (χ0) is 19.8. The minimum Gasteiger partial charge on any atom is -0.444 e. The first-order valence-electron chi connectivity index (χ1n) is 9.54. The molecule has 27 heavy (non-hydrogen) atoms. The first kappa shape index (κ1) is 19.5. The highest BCUT2D eigenvalue weighted by Crippen LogP contribution is 2.32. The molecule has 1 atom stereocenters. The third-order valence-corrected chi connectivity index (χ3v) is 5.15. The van der Waals surface area contributed by atoms with E-state index < -0.39 is 13.7 Å². The van der Waals surface area contributed by atoms with Crippen molar-refractivity contribution >= 4 is 25.2 Å². The normalized spacial score (nSPS) is 17.7. The summed E-state index contributed by atoms with van der Waals surface area (Å²) in [6, 6.07) is 5.99. The first-order chi connectivity index (χ1) is 12.5. The van der Waals surface area contributed by atoms with Crippen molar-refractivity contribution in [3.63, 3.8) is 0 Å². The van der Waals surface area contributed by atoms with Gasteiger partial charge < -0.3 is 9.72 Å². The highest BCUT2D eigenvalue weighted by molar-refractivity contribution is 6.83. The molecular weight excluding hydrogens is 354 g/mol. The number of hydrogen-bond donors (Lipinski definition) is 1. The van der Waals surface area contributed by atoms with Gasteiger partial charge in [-0.3, -0.25) is 4.90 Å². The molecule has 144 valence electrons. The smallest absolute Gasteiger partial charge is 0.410 e. The largest absolute Gasteiger partial charge is 0.444 e. The average molecular weight is 384 g/mol. The van der Waals surface area contributed by atoms with Crippen LogP contribution in [0, 0.1) is 11.5 Å². The average Bonchev–Trinajstić information content (AvgIpc) is 3.16. The van der Waals surface area contributed by atoms with Crippen LogP contribution >= 0.6 is 0 Å². The molecule has 1 N–H and O–H groups in total. The van der Waals surface area contributed by atoms with Crippen molar-refractivity contribution in [2.75, 3.05) is 6.54 Å². The van der Waals surface area contributed by atoms with Crippen LogP contribution in [-0.2, 0) is 4.74 Å². The molecule has 3 rings (SSSR count). The number of likely N-dealkylation sites (tertiary alicyclic amines) is 1. The molecule has 1 aliphatic heterocycles. The molecule has 1 amide bonds. The Labute approximate surface area is 162 Å². The molecule has 0 unspecified atom stereocenters. The number of amides is 1. The Hall–Kier alpha value is -2.26. The number of fused-ring (bicyclic) bond motifs is 1. The Bertz CT molecular complexity index is 909. The quantitative estimate of drug-likeness (QED) is 0.565. The maximum Gasteiger partial charge on any atom is 0.410 e. The number of aromatic amines is 1. The Morgan fingerprint density at radius 2 is 2.07 bits per heavy atom. The van der Waals surface area contributed by atoms with Crippen LogP contribution in [0.1, 0.15) is 51.0 Å². The number of rotatable bonds is 1. The third kappa shape index (κ3) is 4.92. The summed E-state index contributed by atoms with van der Waals surface area (Å²) in [4.78, 5) is 22.5. The molecule has 2 heterocycles. The Morgan fingerprint density at radius 1 is 1.33 bits per heavy atom. The fourth-order valence-electron chi connectivity index (χ4n) is 3.11. The van der Waals surface area contributed by atoms with Gasteiger partial charge in [-0.15, -0.1) is 5.54 Å². The molecule has 1 aromatic carbocycles. The molecule has 1 aromatic heterocycles. The number of H-pyrrole nitrogens is 1. The van der Waals surface area contributed by atoms with E-state index in [0.717, 1.165) is 35.3 Å². The van der Waals surface area contributed by atoms with Gasteiger partial charge >= 0.3 is 6.09 Å². The van der Waals surface area contributed by atoms with E-state index in [0.29, 0.717) is 6.54 Å². The van der Waals surface area contributed by atoms with Crippen LogP contribution in [0.3, 0.4) is 0 Å². The summed E-state index contributed by atoms with van der Waals surface area (Å²) in [5, 5.41) is 0. The molecule has 1 aliphatic rings. The van der Waals surface area contributed by atoms with Crippen LogP contribution in [0.25, 0.3) is 11.0 Å². The lowest BCUT2D eigenvalue weighted by Crippen LogP contribution is -2.36. The predicted molar refractivity (Wildman–Crippen MR) is 111 cm³/mol. The fourth-order valence-corrected chi connectivity index (χ4v) is 3.63. The molecule has 5 nitrogen and oxygen atoms in total. The van der Waals surface area contributed by atoms with Crippen molar-refractivity contribution in [2.24, 2.45) is 0 Å². The van der Waals surface area contributed by atoms with Gasteiger partial charge in [0.1, 0.15) is 19.5 Å². The summed E-state index contributed by atoms with van der Waals surface area (Å²) in [7, 11) is -1.41. The van der Waals surface area contributed by atoms with Crippen LogP contribution in [0.5, 0.6) is 0 Å².